The van der Waals surface area contributed by atoms with Gasteiger partial charge in [-0.3, -0.25) is 0 Å². The zero-order chi connectivity index (χ0) is 14.0. The molecule has 1 unspecified atom stereocenters. The van der Waals surface area contributed by atoms with Crippen molar-refractivity contribution in [2.75, 3.05) is 14.2 Å². The summed E-state index contributed by atoms with van der Waals surface area (Å²) in [6.07, 6.45) is -0.766. The van der Waals surface area contributed by atoms with E-state index in [0.29, 0.717) is 22.1 Å². The number of methoxy groups -OCH3 is 2. The smallest absolute Gasteiger partial charge is 0.122 e. The predicted molar refractivity (Wildman–Crippen MR) is 80.6 cm³/mol. The summed E-state index contributed by atoms with van der Waals surface area (Å²) in [6, 6.07) is 7.05. The molecule has 0 aliphatic rings. The minimum atomic E-state index is -0.766. The summed E-state index contributed by atoms with van der Waals surface area (Å²) >= 11 is 10.7. The predicted octanol–water partition coefficient (Wildman–Crippen LogP) is 4.26. The largest absolute Gasteiger partial charge is 0.497 e. The van der Waals surface area contributed by atoms with E-state index >= 15 is 0 Å². The Kier molecular flexibility index (Phi) is 4.73. The molecule has 1 aromatic heterocycles. The second-order valence-electron chi connectivity index (χ2n) is 3.82. The van der Waals surface area contributed by atoms with Crippen molar-refractivity contribution in [1.82, 2.24) is 0 Å². The van der Waals surface area contributed by atoms with E-state index in [2.05, 4.69) is 15.9 Å². The topological polar surface area (TPSA) is 38.7 Å². The molecule has 19 heavy (non-hydrogen) atoms. The Hall–Kier alpha value is -0.750. The molecule has 2 aromatic rings. The zero-order valence-corrected chi connectivity index (χ0v) is 13.5. The number of rotatable bonds is 4. The molecule has 0 spiro atoms. The maximum Gasteiger partial charge on any atom is 0.122 e. The van der Waals surface area contributed by atoms with Gasteiger partial charge in [-0.05, 0) is 39.7 Å². The molecule has 6 heteroatoms. The molecule has 0 fully saturated rings. The van der Waals surface area contributed by atoms with E-state index in [1.54, 1.807) is 38.5 Å². The van der Waals surface area contributed by atoms with Gasteiger partial charge in [0.05, 0.1) is 23.0 Å². The van der Waals surface area contributed by atoms with Gasteiger partial charge in [-0.1, -0.05) is 11.6 Å². The Morgan fingerprint density at radius 3 is 2.16 bits per heavy atom. The standard InChI is InChI=1S/C13H12BrClO3S/c1-17-8-3-7(4-9(5-8)18-2)12(16)11-6-10(15)13(14)19-11/h3-6,12,16H,1-2H3. The van der Waals surface area contributed by atoms with Crippen LogP contribution in [-0.2, 0) is 0 Å². The average Bonchev–Trinajstić information content (AvgIpc) is 2.77. The van der Waals surface area contributed by atoms with Crippen LogP contribution in [0.4, 0.5) is 0 Å². The second kappa shape index (κ2) is 6.13. The first kappa shape index (κ1) is 14.7. The van der Waals surface area contributed by atoms with Crippen molar-refractivity contribution < 1.29 is 14.6 Å². The van der Waals surface area contributed by atoms with Gasteiger partial charge in [-0.15, -0.1) is 11.3 Å². The third kappa shape index (κ3) is 3.23. The van der Waals surface area contributed by atoms with Crippen molar-refractivity contribution in [3.63, 3.8) is 0 Å². The van der Waals surface area contributed by atoms with E-state index in [1.165, 1.54) is 11.3 Å². The van der Waals surface area contributed by atoms with Crippen LogP contribution in [0.1, 0.15) is 16.5 Å². The van der Waals surface area contributed by atoms with Crippen LogP contribution in [0, 0.1) is 0 Å². The summed E-state index contributed by atoms with van der Waals surface area (Å²) in [6.45, 7) is 0. The summed E-state index contributed by atoms with van der Waals surface area (Å²) in [5.41, 5.74) is 0.696. The second-order valence-corrected chi connectivity index (χ2v) is 6.63. The van der Waals surface area contributed by atoms with Crippen LogP contribution in [0.3, 0.4) is 0 Å². The summed E-state index contributed by atoms with van der Waals surface area (Å²) in [5.74, 6) is 1.27. The number of aliphatic hydroxyl groups is 1. The van der Waals surface area contributed by atoms with Crippen LogP contribution in [0.2, 0.25) is 5.02 Å². The van der Waals surface area contributed by atoms with E-state index in [1.807, 2.05) is 0 Å². The van der Waals surface area contributed by atoms with Crippen LogP contribution in [-0.4, -0.2) is 19.3 Å². The molecule has 0 bridgehead atoms. The zero-order valence-electron chi connectivity index (χ0n) is 10.3. The molecule has 0 aliphatic heterocycles. The van der Waals surface area contributed by atoms with Crippen LogP contribution in [0.15, 0.2) is 28.1 Å². The summed E-state index contributed by atoms with van der Waals surface area (Å²) in [5, 5.41) is 11.0. The average molecular weight is 364 g/mol. The Balaban J connectivity index is 2.39. The van der Waals surface area contributed by atoms with Gasteiger partial charge in [-0.2, -0.15) is 0 Å². The van der Waals surface area contributed by atoms with Gasteiger partial charge in [0, 0.05) is 10.9 Å². The minimum Gasteiger partial charge on any atom is -0.497 e. The van der Waals surface area contributed by atoms with Gasteiger partial charge in [0.25, 0.3) is 0 Å². The Morgan fingerprint density at radius 1 is 1.16 bits per heavy atom. The third-order valence-electron chi connectivity index (χ3n) is 2.62. The maximum atomic E-state index is 10.4. The third-order valence-corrected chi connectivity index (χ3v) is 5.15. The fourth-order valence-electron chi connectivity index (χ4n) is 1.65. The van der Waals surface area contributed by atoms with Gasteiger partial charge in [0.1, 0.15) is 17.6 Å². The van der Waals surface area contributed by atoms with Gasteiger partial charge in [-0.25, -0.2) is 0 Å². The number of hydrogen-bond acceptors (Lipinski definition) is 4. The lowest BCUT2D eigenvalue weighted by Gasteiger charge is -2.12. The molecule has 1 heterocycles. The quantitative estimate of drug-likeness (QED) is 0.882. The lowest BCUT2D eigenvalue weighted by Crippen LogP contribution is -1.99. The number of ether oxygens (including phenoxy) is 2. The number of thiophene rings is 1. The monoisotopic (exact) mass is 362 g/mol. The number of benzene rings is 1. The minimum absolute atomic E-state index is 0.592. The van der Waals surface area contributed by atoms with E-state index in [-0.39, 0.29) is 0 Å². The lowest BCUT2D eigenvalue weighted by atomic mass is 10.1. The Labute approximate surface area is 128 Å². The number of halogens is 2. The first-order valence-corrected chi connectivity index (χ1v) is 7.39. The first-order valence-electron chi connectivity index (χ1n) is 5.41. The maximum absolute atomic E-state index is 10.4. The van der Waals surface area contributed by atoms with E-state index in [9.17, 15) is 5.11 Å². The molecule has 102 valence electrons. The normalized spacial score (nSPS) is 12.3. The van der Waals surface area contributed by atoms with Crippen molar-refractivity contribution in [2.24, 2.45) is 0 Å². The molecule has 1 N–H and O–H groups in total. The highest BCUT2D eigenvalue weighted by Gasteiger charge is 2.17. The number of hydrogen-bond donors (Lipinski definition) is 1. The highest BCUT2D eigenvalue weighted by Crippen LogP contribution is 2.38. The summed E-state index contributed by atoms with van der Waals surface area (Å²) in [7, 11) is 3.15. The molecule has 0 radical (unpaired) electrons. The Bertz CT molecular complexity index is 544. The highest BCUT2D eigenvalue weighted by atomic mass is 79.9. The van der Waals surface area contributed by atoms with Crippen molar-refractivity contribution in [3.05, 3.63) is 43.5 Å². The van der Waals surface area contributed by atoms with Gasteiger partial charge < -0.3 is 14.6 Å². The lowest BCUT2D eigenvalue weighted by molar-refractivity contribution is 0.223. The van der Waals surface area contributed by atoms with Crippen LogP contribution in [0.25, 0.3) is 0 Å². The van der Waals surface area contributed by atoms with Crippen molar-refractivity contribution in [2.45, 2.75) is 6.10 Å². The molecular weight excluding hydrogens is 352 g/mol. The molecular formula is C13H12BrClO3S. The molecule has 3 nitrogen and oxygen atoms in total. The molecule has 0 saturated carbocycles. The SMILES string of the molecule is COc1cc(OC)cc(C(O)c2cc(Cl)c(Br)s2)c1. The molecule has 2 rings (SSSR count). The van der Waals surface area contributed by atoms with Gasteiger partial charge in [0.2, 0.25) is 0 Å². The highest BCUT2D eigenvalue weighted by molar-refractivity contribution is 9.11. The fraction of sp³-hybridized carbons (Fsp3) is 0.231. The summed E-state index contributed by atoms with van der Waals surface area (Å²) in [4.78, 5) is 0.757. The fourth-order valence-corrected chi connectivity index (χ4v) is 3.41. The molecule has 0 amide bonds. The van der Waals surface area contributed by atoms with E-state index in [0.717, 1.165) is 8.66 Å². The molecule has 0 aliphatic carbocycles. The van der Waals surface area contributed by atoms with E-state index in [4.69, 9.17) is 21.1 Å². The molecule has 0 saturated heterocycles. The van der Waals surface area contributed by atoms with Crippen LogP contribution < -0.4 is 9.47 Å². The van der Waals surface area contributed by atoms with Gasteiger partial charge in [0.15, 0.2) is 0 Å². The van der Waals surface area contributed by atoms with Crippen molar-refractivity contribution >= 4 is 38.9 Å². The molecule has 1 atom stereocenters. The van der Waals surface area contributed by atoms with E-state index < -0.39 is 6.10 Å². The van der Waals surface area contributed by atoms with Crippen LogP contribution >= 0.6 is 38.9 Å². The van der Waals surface area contributed by atoms with Crippen molar-refractivity contribution in [3.8, 4) is 11.5 Å². The first-order chi connectivity index (χ1) is 9.05. The Morgan fingerprint density at radius 2 is 1.74 bits per heavy atom. The molecule has 1 aromatic carbocycles. The summed E-state index contributed by atoms with van der Waals surface area (Å²) < 4.78 is 11.2. The van der Waals surface area contributed by atoms with Crippen molar-refractivity contribution in [1.29, 1.82) is 0 Å². The van der Waals surface area contributed by atoms with Gasteiger partial charge >= 0.3 is 0 Å². The van der Waals surface area contributed by atoms with Crippen LogP contribution in [0.5, 0.6) is 11.5 Å². The number of aliphatic hydroxyl groups excluding tert-OH is 1.